The standard InChI is InChI=1S/C21H27FN2O3/c1-5-24(14-17-8-11-19(26-3)20(12-17)27-4)15-21(25)23(2)13-16-6-9-18(22)10-7-16/h6-12H,5,13-15H2,1-4H3. The van der Waals surface area contributed by atoms with Crippen LogP contribution in [0.1, 0.15) is 18.1 Å². The van der Waals surface area contributed by atoms with Gasteiger partial charge in [0.1, 0.15) is 5.82 Å². The van der Waals surface area contributed by atoms with Crippen molar-refractivity contribution in [3.05, 3.63) is 59.4 Å². The fourth-order valence-electron chi connectivity index (χ4n) is 2.78. The van der Waals surface area contributed by atoms with E-state index in [0.29, 0.717) is 31.1 Å². The van der Waals surface area contributed by atoms with E-state index in [2.05, 4.69) is 4.90 Å². The molecule has 5 nitrogen and oxygen atoms in total. The van der Waals surface area contributed by atoms with Gasteiger partial charge in [-0.05, 0) is 41.9 Å². The second-order valence-corrected chi connectivity index (χ2v) is 6.37. The summed E-state index contributed by atoms with van der Waals surface area (Å²) in [6.45, 7) is 4.15. The predicted octanol–water partition coefficient (Wildman–Crippen LogP) is 3.32. The van der Waals surface area contributed by atoms with Gasteiger partial charge in [-0.1, -0.05) is 25.1 Å². The molecule has 0 aliphatic heterocycles. The molecule has 0 aromatic heterocycles. The first kappa shape index (κ1) is 20.7. The highest BCUT2D eigenvalue weighted by molar-refractivity contribution is 5.78. The molecule has 27 heavy (non-hydrogen) atoms. The molecule has 0 saturated heterocycles. The maximum Gasteiger partial charge on any atom is 0.236 e. The highest BCUT2D eigenvalue weighted by Gasteiger charge is 2.15. The van der Waals surface area contributed by atoms with Crippen LogP contribution in [0.2, 0.25) is 0 Å². The highest BCUT2D eigenvalue weighted by atomic mass is 19.1. The lowest BCUT2D eigenvalue weighted by Crippen LogP contribution is -2.37. The van der Waals surface area contributed by atoms with E-state index in [1.807, 2.05) is 25.1 Å². The second kappa shape index (κ2) is 9.92. The van der Waals surface area contributed by atoms with E-state index in [-0.39, 0.29) is 11.7 Å². The van der Waals surface area contributed by atoms with E-state index in [0.717, 1.165) is 17.7 Å². The molecular formula is C21H27FN2O3. The Morgan fingerprint density at radius 1 is 0.963 bits per heavy atom. The smallest absolute Gasteiger partial charge is 0.236 e. The summed E-state index contributed by atoms with van der Waals surface area (Å²) in [5.74, 6) is 1.09. The van der Waals surface area contributed by atoms with Crippen LogP contribution >= 0.6 is 0 Å². The summed E-state index contributed by atoms with van der Waals surface area (Å²) in [5.41, 5.74) is 1.94. The van der Waals surface area contributed by atoms with Gasteiger partial charge in [-0.2, -0.15) is 0 Å². The van der Waals surface area contributed by atoms with Gasteiger partial charge in [0.2, 0.25) is 5.91 Å². The van der Waals surface area contributed by atoms with Gasteiger partial charge in [0.25, 0.3) is 0 Å². The SMILES string of the molecule is CCN(CC(=O)N(C)Cc1ccc(F)cc1)Cc1ccc(OC)c(OC)c1. The third kappa shape index (κ3) is 5.96. The van der Waals surface area contributed by atoms with Crippen molar-refractivity contribution in [3.8, 4) is 11.5 Å². The molecule has 0 aliphatic rings. The summed E-state index contributed by atoms with van der Waals surface area (Å²) in [5, 5.41) is 0. The molecule has 0 radical (unpaired) electrons. The molecule has 2 aromatic carbocycles. The number of amides is 1. The van der Waals surface area contributed by atoms with E-state index < -0.39 is 0 Å². The Balaban J connectivity index is 1.96. The molecule has 0 fully saturated rings. The number of likely N-dealkylation sites (N-methyl/N-ethyl adjacent to an activating group) is 2. The van der Waals surface area contributed by atoms with E-state index >= 15 is 0 Å². The van der Waals surface area contributed by atoms with Crippen molar-refractivity contribution in [1.29, 1.82) is 0 Å². The molecule has 0 aliphatic carbocycles. The molecule has 0 atom stereocenters. The fraction of sp³-hybridized carbons (Fsp3) is 0.381. The van der Waals surface area contributed by atoms with E-state index in [1.54, 1.807) is 38.3 Å². The predicted molar refractivity (Wildman–Crippen MR) is 103 cm³/mol. The Kier molecular flexibility index (Phi) is 7.61. The van der Waals surface area contributed by atoms with Crippen LogP contribution in [0.15, 0.2) is 42.5 Å². The number of rotatable bonds is 9. The maximum atomic E-state index is 13.0. The largest absolute Gasteiger partial charge is 0.493 e. The second-order valence-electron chi connectivity index (χ2n) is 6.37. The molecule has 0 heterocycles. The Hall–Kier alpha value is -2.60. The van der Waals surface area contributed by atoms with Crippen LogP contribution in [0.5, 0.6) is 11.5 Å². The summed E-state index contributed by atoms with van der Waals surface area (Å²) in [7, 11) is 4.97. The Morgan fingerprint density at radius 2 is 1.59 bits per heavy atom. The normalized spacial score (nSPS) is 10.7. The van der Waals surface area contributed by atoms with Crippen LogP contribution in [0.4, 0.5) is 4.39 Å². The molecule has 6 heteroatoms. The molecule has 0 spiro atoms. The number of hydrogen-bond donors (Lipinski definition) is 0. The lowest BCUT2D eigenvalue weighted by molar-refractivity contribution is -0.131. The van der Waals surface area contributed by atoms with Crippen molar-refractivity contribution in [2.24, 2.45) is 0 Å². The van der Waals surface area contributed by atoms with Crippen LogP contribution in [-0.2, 0) is 17.9 Å². The van der Waals surface area contributed by atoms with Gasteiger partial charge in [0, 0.05) is 20.1 Å². The third-order valence-corrected chi connectivity index (χ3v) is 4.42. The summed E-state index contributed by atoms with van der Waals surface area (Å²) >= 11 is 0. The molecule has 2 aromatic rings. The number of hydrogen-bond acceptors (Lipinski definition) is 4. The van der Waals surface area contributed by atoms with Gasteiger partial charge in [0.05, 0.1) is 20.8 Å². The fourth-order valence-corrected chi connectivity index (χ4v) is 2.78. The van der Waals surface area contributed by atoms with Gasteiger partial charge in [-0.3, -0.25) is 9.69 Å². The molecule has 2 rings (SSSR count). The zero-order chi connectivity index (χ0) is 19.8. The lowest BCUT2D eigenvalue weighted by atomic mass is 10.2. The highest BCUT2D eigenvalue weighted by Crippen LogP contribution is 2.28. The molecule has 0 unspecified atom stereocenters. The van der Waals surface area contributed by atoms with Crippen LogP contribution in [-0.4, -0.2) is 50.1 Å². The van der Waals surface area contributed by atoms with Crippen molar-refractivity contribution in [3.63, 3.8) is 0 Å². The van der Waals surface area contributed by atoms with Crippen molar-refractivity contribution >= 4 is 5.91 Å². The van der Waals surface area contributed by atoms with Gasteiger partial charge in [0.15, 0.2) is 11.5 Å². The van der Waals surface area contributed by atoms with Gasteiger partial charge < -0.3 is 14.4 Å². The Bertz CT molecular complexity index is 750. The summed E-state index contributed by atoms with van der Waals surface area (Å²) in [4.78, 5) is 16.3. The number of halogens is 1. The third-order valence-electron chi connectivity index (χ3n) is 4.42. The quantitative estimate of drug-likeness (QED) is 0.675. The number of carbonyl (C=O) groups is 1. The number of benzene rings is 2. The van der Waals surface area contributed by atoms with Gasteiger partial charge >= 0.3 is 0 Å². The monoisotopic (exact) mass is 374 g/mol. The minimum absolute atomic E-state index is 0.0154. The Labute approximate surface area is 160 Å². The van der Waals surface area contributed by atoms with E-state index in [9.17, 15) is 9.18 Å². The number of ether oxygens (including phenoxy) is 2. The average molecular weight is 374 g/mol. The van der Waals surface area contributed by atoms with E-state index in [4.69, 9.17) is 9.47 Å². The van der Waals surface area contributed by atoms with E-state index in [1.165, 1.54) is 12.1 Å². The minimum Gasteiger partial charge on any atom is -0.493 e. The Morgan fingerprint density at radius 3 is 2.19 bits per heavy atom. The van der Waals surface area contributed by atoms with Crippen molar-refractivity contribution in [2.75, 3.05) is 34.4 Å². The maximum absolute atomic E-state index is 13.0. The average Bonchev–Trinajstić information content (AvgIpc) is 2.68. The summed E-state index contributed by atoms with van der Waals surface area (Å²) in [6.07, 6.45) is 0. The molecular weight excluding hydrogens is 347 g/mol. The van der Waals surface area contributed by atoms with Crippen LogP contribution < -0.4 is 9.47 Å². The van der Waals surface area contributed by atoms with Crippen molar-refractivity contribution in [1.82, 2.24) is 9.80 Å². The molecule has 146 valence electrons. The number of carbonyl (C=O) groups excluding carboxylic acids is 1. The van der Waals surface area contributed by atoms with Gasteiger partial charge in [-0.15, -0.1) is 0 Å². The molecule has 0 saturated carbocycles. The summed E-state index contributed by atoms with van der Waals surface area (Å²) in [6, 6.07) is 12.0. The molecule has 0 bridgehead atoms. The van der Waals surface area contributed by atoms with Crippen LogP contribution in [0.25, 0.3) is 0 Å². The zero-order valence-electron chi connectivity index (χ0n) is 16.4. The minimum atomic E-state index is -0.278. The molecule has 0 N–H and O–H groups in total. The van der Waals surface area contributed by atoms with Gasteiger partial charge in [-0.25, -0.2) is 4.39 Å². The first-order valence-electron chi connectivity index (χ1n) is 8.88. The zero-order valence-corrected chi connectivity index (χ0v) is 16.4. The number of methoxy groups -OCH3 is 2. The first-order valence-corrected chi connectivity index (χ1v) is 8.88. The topological polar surface area (TPSA) is 42.0 Å². The lowest BCUT2D eigenvalue weighted by Gasteiger charge is -2.24. The van der Waals surface area contributed by atoms with Crippen LogP contribution in [0.3, 0.4) is 0 Å². The first-order chi connectivity index (χ1) is 13.0. The molecule has 1 amide bonds. The number of nitrogens with zero attached hydrogens (tertiary/aromatic N) is 2. The summed E-state index contributed by atoms with van der Waals surface area (Å²) < 4.78 is 23.6. The van der Waals surface area contributed by atoms with Crippen LogP contribution in [0, 0.1) is 5.82 Å². The van der Waals surface area contributed by atoms with Crippen molar-refractivity contribution < 1.29 is 18.7 Å². The van der Waals surface area contributed by atoms with Crippen molar-refractivity contribution in [2.45, 2.75) is 20.0 Å².